The molecule has 16 heavy (non-hydrogen) atoms. The molecule has 1 N–H and O–H groups in total. The summed E-state index contributed by atoms with van der Waals surface area (Å²) in [6, 6.07) is 0.626. The van der Waals surface area contributed by atoms with E-state index in [1.165, 1.54) is 15.6 Å². The molecule has 4 heteroatoms. The van der Waals surface area contributed by atoms with Crippen LogP contribution < -0.4 is 5.32 Å². The van der Waals surface area contributed by atoms with Crippen molar-refractivity contribution in [1.82, 2.24) is 10.3 Å². The van der Waals surface area contributed by atoms with Gasteiger partial charge in [0.15, 0.2) is 0 Å². The molecule has 0 radical (unpaired) electrons. The summed E-state index contributed by atoms with van der Waals surface area (Å²) in [6.45, 7) is 8.00. The van der Waals surface area contributed by atoms with Gasteiger partial charge in [0.05, 0.1) is 11.8 Å². The van der Waals surface area contributed by atoms with Gasteiger partial charge in [-0.1, -0.05) is 0 Å². The fraction of sp³-hybridized carbons (Fsp3) is 0.750. The molecule has 1 aliphatic rings. The quantitative estimate of drug-likeness (QED) is 0.858. The molecule has 1 aliphatic carbocycles. The number of ether oxygens (including phenoxy) is 1. The summed E-state index contributed by atoms with van der Waals surface area (Å²) in [5, 5.41) is 4.74. The highest BCUT2D eigenvalue weighted by atomic mass is 32.1. The van der Waals surface area contributed by atoms with Crippen molar-refractivity contribution in [1.29, 1.82) is 0 Å². The molecular weight excluding hydrogens is 220 g/mol. The van der Waals surface area contributed by atoms with E-state index >= 15 is 0 Å². The van der Waals surface area contributed by atoms with E-state index in [9.17, 15) is 0 Å². The van der Waals surface area contributed by atoms with Gasteiger partial charge in [-0.3, -0.25) is 0 Å². The second kappa shape index (κ2) is 5.25. The predicted octanol–water partition coefficient (Wildman–Crippen LogP) is 2.42. The van der Waals surface area contributed by atoms with Crippen LogP contribution in [0.4, 0.5) is 0 Å². The van der Waals surface area contributed by atoms with Gasteiger partial charge < -0.3 is 10.1 Å². The Bertz CT molecular complexity index is 325. The minimum absolute atomic E-state index is 0.488. The minimum Gasteiger partial charge on any atom is -0.378 e. The van der Waals surface area contributed by atoms with Crippen LogP contribution in [-0.4, -0.2) is 23.7 Å². The summed E-state index contributed by atoms with van der Waals surface area (Å²) in [7, 11) is 0. The topological polar surface area (TPSA) is 34.1 Å². The molecule has 1 fully saturated rings. The van der Waals surface area contributed by atoms with Gasteiger partial charge in [-0.05, 0) is 33.6 Å². The number of hydrogen-bond acceptors (Lipinski definition) is 4. The Morgan fingerprint density at radius 1 is 1.44 bits per heavy atom. The number of nitrogens with one attached hydrogen (secondary N) is 1. The number of hydrogen-bond donors (Lipinski definition) is 1. The van der Waals surface area contributed by atoms with Gasteiger partial charge in [0.2, 0.25) is 0 Å². The molecule has 1 saturated carbocycles. The predicted molar refractivity (Wildman–Crippen MR) is 66.9 cm³/mol. The molecule has 0 spiro atoms. The molecule has 2 rings (SSSR count). The lowest BCUT2D eigenvalue weighted by molar-refractivity contribution is -0.0102. The van der Waals surface area contributed by atoms with Crippen LogP contribution in [0.25, 0.3) is 0 Å². The van der Waals surface area contributed by atoms with Crippen molar-refractivity contribution >= 4 is 11.3 Å². The Morgan fingerprint density at radius 3 is 2.75 bits per heavy atom. The van der Waals surface area contributed by atoms with Crippen LogP contribution in [0.2, 0.25) is 0 Å². The number of aromatic nitrogens is 1. The molecule has 1 aromatic heterocycles. The largest absolute Gasteiger partial charge is 0.378 e. The maximum absolute atomic E-state index is 5.53. The Hall–Kier alpha value is -0.450. The third kappa shape index (κ3) is 2.81. The van der Waals surface area contributed by atoms with E-state index in [0.29, 0.717) is 12.1 Å². The van der Waals surface area contributed by atoms with Gasteiger partial charge in [-0.25, -0.2) is 4.98 Å². The van der Waals surface area contributed by atoms with Crippen molar-refractivity contribution in [2.45, 2.75) is 52.3 Å². The lowest BCUT2D eigenvalue weighted by Crippen LogP contribution is -2.45. The van der Waals surface area contributed by atoms with Crippen LogP contribution in [-0.2, 0) is 11.3 Å². The molecule has 0 amide bonds. The summed E-state index contributed by atoms with van der Waals surface area (Å²) < 4.78 is 5.53. The normalized spacial score (nSPS) is 24.4. The molecule has 0 aliphatic heterocycles. The number of rotatable bonds is 5. The third-order valence-corrected chi connectivity index (χ3v) is 4.18. The minimum atomic E-state index is 0.488. The third-order valence-electron chi connectivity index (χ3n) is 3.11. The zero-order valence-electron chi connectivity index (χ0n) is 10.2. The van der Waals surface area contributed by atoms with E-state index in [-0.39, 0.29) is 0 Å². The van der Waals surface area contributed by atoms with E-state index in [1.54, 1.807) is 11.3 Å². The van der Waals surface area contributed by atoms with Gasteiger partial charge in [-0.2, -0.15) is 0 Å². The lowest BCUT2D eigenvalue weighted by atomic mass is 9.89. The number of thiazole rings is 1. The molecular formula is C12H20N2OS. The molecule has 0 saturated heterocycles. The van der Waals surface area contributed by atoms with Crippen molar-refractivity contribution in [2.24, 2.45) is 0 Å². The van der Waals surface area contributed by atoms with Crippen LogP contribution in [0.5, 0.6) is 0 Å². The second-order valence-electron chi connectivity index (χ2n) is 4.38. The fourth-order valence-electron chi connectivity index (χ4n) is 1.95. The first-order valence-corrected chi connectivity index (χ1v) is 6.78. The van der Waals surface area contributed by atoms with Crippen LogP contribution in [0.3, 0.4) is 0 Å². The number of nitrogens with zero attached hydrogens (tertiary/aromatic N) is 1. The molecule has 0 bridgehead atoms. The van der Waals surface area contributed by atoms with Crippen molar-refractivity contribution in [3.8, 4) is 0 Å². The van der Waals surface area contributed by atoms with Crippen molar-refractivity contribution in [3.05, 3.63) is 15.6 Å². The molecule has 1 aromatic rings. The van der Waals surface area contributed by atoms with Gasteiger partial charge >= 0.3 is 0 Å². The fourth-order valence-corrected chi connectivity index (χ4v) is 2.84. The highest BCUT2D eigenvalue weighted by molar-refractivity contribution is 7.11. The van der Waals surface area contributed by atoms with E-state index in [4.69, 9.17) is 4.74 Å². The van der Waals surface area contributed by atoms with Crippen molar-refractivity contribution in [2.75, 3.05) is 6.61 Å². The highest BCUT2D eigenvalue weighted by Crippen LogP contribution is 2.24. The van der Waals surface area contributed by atoms with E-state index in [1.807, 2.05) is 0 Å². The average molecular weight is 240 g/mol. The Balaban J connectivity index is 1.69. The summed E-state index contributed by atoms with van der Waals surface area (Å²) in [4.78, 5) is 5.85. The van der Waals surface area contributed by atoms with Crippen molar-refractivity contribution < 1.29 is 4.74 Å². The molecule has 3 nitrogen and oxygen atoms in total. The second-order valence-corrected chi connectivity index (χ2v) is 5.66. The summed E-state index contributed by atoms with van der Waals surface area (Å²) in [5.41, 5.74) is 1.17. The molecule has 90 valence electrons. The molecule has 0 atom stereocenters. The first-order chi connectivity index (χ1) is 7.69. The first kappa shape index (κ1) is 12.0. The van der Waals surface area contributed by atoms with Crippen LogP contribution in [0, 0.1) is 13.8 Å². The Morgan fingerprint density at radius 2 is 2.19 bits per heavy atom. The van der Waals surface area contributed by atoms with E-state index in [0.717, 1.165) is 26.0 Å². The van der Waals surface area contributed by atoms with Gasteiger partial charge in [0, 0.05) is 24.1 Å². The standard InChI is InChI=1S/C12H20N2OS/c1-4-15-11-5-10(6-11)13-7-12-14-8(2)9(3)16-12/h10-11,13H,4-7H2,1-3H3. The first-order valence-electron chi connectivity index (χ1n) is 5.97. The summed E-state index contributed by atoms with van der Waals surface area (Å²) in [5.74, 6) is 0. The Labute approximate surface area is 101 Å². The summed E-state index contributed by atoms with van der Waals surface area (Å²) >= 11 is 1.80. The maximum atomic E-state index is 5.53. The molecule has 0 unspecified atom stereocenters. The molecule has 1 heterocycles. The van der Waals surface area contributed by atoms with Gasteiger partial charge in [0.1, 0.15) is 5.01 Å². The van der Waals surface area contributed by atoms with Crippen LogP contribution >= 0.6 is 11.3 Å². The lowest BCUT2D eigenvalue weighted by Gasteiger charge is -2.35. The zero-order chi connectivity index (χ0) is 11.5. The Kier molecular flexibility index (Phi) is 3.95. The maximum Gasteiger partial charge on any atom is 0.107 e. The van der Waals surface area contributed by atoms with Gasteiger partial charge in [0.25, 0.3) is 0 Å². The molecule has 0 aromatic carbocycles. The van der Waals surface area contributed by atoms with Crippen molar-refractivity contribution in [3.63, 3.8) is 0 Å². The van der Waals surface area contributed by atoms with Crippen LogP contribution in [0.1, 0.15) is 35.3 Å². The SMILES string of the molecule is CCOC1CC(NCc2nc(C)c(C)s2)C1. The monoisotopic (exact) mass is 240 g/mol. The smallest absolute Gasteiger partial charge is 0.107 e. The average Bonchev–Trinajstić information content (AvgIpc) is 2.50. The zero-order valence-corrected chi connectivity index (χ0v) is 11.1. The van der Waals surface area contributed by atoms with Crippen LogP contribution in [0.15, 0.2) is 0 Å². The number of aryl methyl sites for hydroxylation is 2. The van der Waals surface area contributed by atoms with E-state index < -0.39 is 0 Å². The summed E-state index contributed by atoms with van der Waals surface area (Å²) in [6.07, 6.45) is 2.79. The van der Waals surface area contributed by atoms with E-state index in [2.05, 4.69) is 31.1 Å². The highest BCUT2D eigenvalue weighted by Gasteiger charge is 2.28. The van der Waals surface area contributed by atoms with Gasteiger partial charge in [-0.15, -0.1) is 11.3 Å².